The Morgan fingerprint density at radius 2 is 1.79 bits per heavy atom. The molecule has 1 aliphatic carbocycles. The van der Waals surface area contributed by atoms with E-state index in [-0.39, 0.29) is 6.54 Å². The van der Waals surface area contributed by atoms with Crippen LogP contribution in [0.2, 0.25) is 0 Å². The number of aromatic nitrogens is 2. The molecule has 0 amide bonds. The van der Waals surface area contributed by atoms with E-state index in [1.54, 1.807) is 12.4 Å². The van der Waals surface area contributed by atoms with Crippen LogP contribution in [0.4, 0.5) is 11.6 Å². The van der Waals surface area contributed by atoms with Gasteiger partial charge in [0.05, 0.1) is 12.4 Å². The molecule has 1 fully saturated rings. The number of carbonyl (C=O) groups is 1. The largest absolute Gasteiger partial charge is 0.480 e. The first-order valence-corrected chi connectivity index (χ1v) is 6.78. The number of rotatable bonds is 5. The first-order valence-electron chi connectivity index (χ1n) is 6.78. The lowest BCUT2D eigenvalue weighted by molar-refractivity contribution is -0.134. The molecule has 0 atom stereocenters. The van der Waals surface area contributed by atoms with Crippen molar-refractivity contribution >= 4 is 17.6 Å². The molecule has 104 valence electrons. The summed E-state index contributed by atoms with van der Waals surface area (Å²) in [5.41, 5.74) is 0. The number of aliphatic carboxylic acids is 1. The second kappa shape index (κ2) is 6.92. The number of hydrogen-bond donors (Lipinski definition) is 3. The second-order valence-corrected chi connectivity index (χ2v) is 4.87. The normalized spacial score (nSPS) is 16.6. The topological polar surface area (TPSA) is 87.1 Å². The van der Waals surface area contributed by atoms with Gasteiger partial charge < -0.3 is 15.7 Å². The third-order valence-corrected chi connectivity index (χ3v) is 3.28. The molecule has 1 aromatic heterocycles. The van der Waals surface area contributed by atoms with Crippen molar-refractivity contribution in [3.05, 3.63) is 12.4 Å². The van der Waals surface area contributed by atoms with Crippen LogP contribution in [0.5, 0.6) is 0 Å². The zero-order chi connectivity index (χ0) is 13.5. The van der Waals surface area contributed by atoms with Gasteiger partial charge in [0, 0.05) is 6.04 Å². The maximum atomic E-state index is 10.4. The molecule has 2 rings (SSSR count). The maximum absolute atomic E-state index is 10.4. The highest BCUT2D eigenvalue weighted by Gasteiger charge is 2.12. The molecule has 1 aromatic rings. The van der Waals surface area contributed by atoms with Gasteiger partial charge >= 0.3 is 5.97 Å². The van der Waals surface area contributed by atoms with Crippen molar-refractivity contribution in [3.8, 4) is 0 Å². The summed E-state index contributed by atoms with van der Waals surface area (Å²) in [7, 11) is 0. The molecule has 0 radical (unpaired) electrons. The lowest BCUT2D eigenvalue weighted by Crippen LogP contribution is -2.19. The Hall–Kier alpha value is -1.85. The van der Waals surface area contributed by atoms with Crippen LogP contribution in [0.3, 0.4) is 0 Å². The molecule has 6 heteroatoms. The molecule has 1 aliphatic rings. The smallest absolute Gasteiger partial charge is 0.322 e. The summed E-state index contributed by atoms with van der Waals surface area (Å²) in [6, 6.07) is 0.481. The third-order valence-electron chi connectivity index (χ3n) is 3.28. The Balaban J connectivity index is 1.85. The fraction of sp³-hybridized carbons (Fsp3) is 0.615. The molecule has 3 N–H and O–H groups in total. The first-order chi connectivity index (χ1) is 9.24. The van der Waals surface area contributed by atoms with E-state index in [4.69, 9.17) is 5.11 Å². The van der Waals surface area contributed by atoms with Crippen molar-refractivity contribution in [1.29, 1.82) is 0 Å². The van der Waals surface area contributed by atoms with Gasteiger partial charge in [-0.3, -0.25) is 4.79 Å². The van der Waals surface area contributed by atoms with E-state index in [1.165, 1.54) is 38.5 Å². The van der Waals surface area contributed by atoms with Gasteiger partial charge in [0.1, 0.15) is 18.2 Å². The summed E-state index contributed by atoms with van der Waals surface area (Å²) in [6.07, 6.45) is 10.7. The number of nitrogens with zero attached hydrogens (tertiary/aromatic N) is 2. The van der Waals surface area contributed by atoms with Gasteiger partial charge in [0.15, 0.2) is 0 Å². The zero-order valence-corrected chi connectivity index (χ0v) is 10.9. The minimum atomic E-state index is -0.914. The van der Waals surface area contributed by atoms with Gasteiger partial charge in [-0.05, 0) is 12.8 Å². The van der Waals surface area contributed by atoms with E-state index in [1.807, 2.05) is 0 Å². The van der Waals surface area contributed by atoms with Crippen molar-refractivity contribution in [1.82, 2.24) is 9.97 Å². The predicted molar refractivity (Wildman–Crippen MR) is 73.3 cm³/mol. The quantitative estimate of drug-likeness (QED) is 0.706. The molecule has 0 bridgehead atoms. The van der Waals surface area contributed by atoms with Crippen LogP contribution in [0.1, 0.15) is 38.5 Å². The Bertz CT molecular complexity index is 400. The van der Waals surface area contributed by atoms with Gasteiger partial charge in [-0.2, -0.15) is 0 Å². The standard InChI is InChI=1S/C13H20N4O2/c18-13(19)9-16-11-7-15-12(8-14-11)17-10-5-3-1-2-4-6-10/h7-8,10H,1-6,9H2,(H,14,16)(H,15,17)(H,18,19). The van der Waals surface area contributed by atoms with Crippen LogP contribution >= 0.6 is 0 Å². The summed E-state index contributed by atoms with van der Waals surface area (Å²) in [4.78, 5) is 18.8. The second-order valence-electron chi connectivity index (χ2n) is 4.87. The summed E-state index contributed by atoms with van der Waals surface area (Å²) >= 11 is 0. The van der Waals surface area contributed by atoms with Gasteiger partial charge in [0.25, 0.3) is 0 Å². The lowest BCUT2D eigenvalue weighted by atomic mass is 10.1. The van der Waals surface area contributed by atoms with Crippen molar-refractivity contribution in [3.63, 3.8) is 0 Å². The zero-order valence-electron chi connectivity index (χ0n) is 10.9. The van der Waals surface area contributed by atoms with Crippen LogP contribution in [-0.4, -0.2) is 33.6 Å². The number of hydrogen-bond acceptors (Lipinski definition) is 5. The van der Waals surface area contributed by atoms with Crippen molar-refractivity contribution < 1.29 is 9.90 Å². The van der Waals surface area contributed by atoms with Crippen LogP contribution in [0.25, 0.3) is 0 Å². The molecule has 19 heavy (non-hydrogen) atoms. The highest BCUT2D eigenvalue weighted by molar-refractivity contribution is 5.72. The van der Waals surface area contributed by atoms with Gasteiger partial charge in [-0.25, -0.2) is 9.97 Å². The molecule has 1 heterocycles. The van der Waals surface area contributed by atoms with Gasteiger partial charge in [-0.1, -0.05) is 25.7 Å². The Morgan fingerprint density at radius 1 is 1.16 bits per heavy atom. The van der Waals surface area contributed by atoms with Crippen molar-refractivity contribution in [2.24, 2.45) is 0 Å². The first kappa shape index (κ1) is 13.6. The number of carboxylic acids is 1. The predicted octanol–water partition coefficient (Wildman–Crippen LogP) is 2.11. The summed E-state index contributed by atoms with van der Waals surface area (Å²) in [5.74, 6) is 0.323. The summed E-state index contributed by atoms with van der Waals surface area (Å²) in [5, 5.41) is 14.6. The Morgan fingerprint density at radius 3 is 2.37 bits per heavy atom. The highest BCUT2D eigenvalue weighted by Crippen LogP contribution is 2.20. The molecular formula is C13H20N4O2. The number of anilines is 2. The average molecular weight is 264 g/mol. The van der Waals surface area contributed by atoms with Gasteiger partial charge in [-0.15, -0.1) is 0 Å². The van der Waals surface area contributed by atoms with Crippen LogP contribution in [-0.2, 0) is 4.79 Å². The number of nitrogens with one attached hydrogen (secondary N) is 2. The Kier molecular flexibility index (Phi) is 4.94. The molecule has 0 saturated heterocycles. The van der Waals surface area contributed by atoms with E-state index in [9.17, 15) is 4.79 Å². The minimum absolute atomic E-state index is 0.149. The minimum Gasteiger partial charge on any atom is -0.480 e. The van der Waals surface area contributed by atoms with E-state index in [0.29, 0.717) is 11.9 Å². The van der Waals surface area contributed by atoms with Crippen molar-refractivity contribution in [2.75, 3.05) is 17.2 Å². The molecule has 0 unspecified atom stereocenters. The maximum Gasteiger partial charge on any atom is 0.322 e. The van der Waals surface area contributed by atoms with E-state index in [2.05, 4.69) is 20.6 Å². The van der Waals surface area contributed by atoms with E-state index in [0.717, 1.165) is 5.82 Å². The average Bonchev–Trinajstić information content (AvgIpc) is 2.66. The van der Waals surface area contributed by atoms with Gasteiger partial charge in [0.2, 0.25) is 0 Å². The molecular weight excluding hydrogens is 244 g/mol. The van der Waals surface area contributed by atoms with Crippen LogP contribution in [0.15, 0.2) is 12.4 Å². The molecule has 0 aromatic carbocycles. The van der Waals surface area contributed by atoms with E-state index < -0.39 is 5.97 Å². The highest BCUT2D eigenvalue weighted by atomic mass is 16.4. The Labute approximate surface area is 112 Å². The van der Waals surface area contributed by atoms with Crippen LogP contribution < -0.4 is 10.6 Å². The fourth-order valence-corrected chi connectivity index (χ4v) is 2.29. The summed E-state index contributed by atoms with van der Waals surface area (Å²) < 4.78 is 0. The fourth-order valence-electron chi connectivity index (χ4n) is 2.29. The van der Waals surface area contributed by atoms with E-state index >= 15 is 0 Å². The molecule has 0 spiro atoms. The molecule has 1 saturated carbocycles. The lowest BCUT2D eigenvalue weighted by Gasteiger charge is -2.16. The molecule has 0 aliphatic heterocycles. The third kappa shape index (κ3) is 4.73. The monoisotopic (exact) mass is 264 g/mol. The van der Waals surface area contributed by atoms with Crippen LogP contribution in [0, 0.1) is 0 Å². The van der Waals surface area contributed by atoms with Crippen molar-refractivity contribution in [2.45, 2.75) is 44.6 Å². The molecule has 6 nitrogen and oxygen atoms in total. The number of carboxylic acid groups (broad SMARTS) is 1. The SMILES string of the molecule is O=C(O)CNc1cnc(NC2CCCCCC2)cn1. The summed E-state index contributed by atoms with van der Waals surface area (Å²) in [6.45, 7) is -0.149.